The predicted molar refractivity (Wildman–Crippen MR) is 108 cm³/mol. The molecule has 154 valence electrons. The van der Waals surface area contributed by atoms with Crippen LogP contribution in [-0.4, -0.2) is 34.7 Å². The maximum Gasteiger partial charge on any atom is 0.335 e. The molecule has 0 saturated heterocycles. The lowest BCUT2D eigenvalue weighted by Crippen LogP contribution is -2.09. The van der Waals surface area contributed by atoms with Gasteiger partial charge in [-0.05, 0) is 66.7 Å². The molecule has 0 bridgehead atoms. The minimum Gasteiger partial charge on any atom is -0.371 e. The summed E-state index contributed by atoms with van der Waals surface area (Å²) in [7, 11) is -7.91. The summed E-state index contributed by atoms with van der Waals surface area (Å²) < 4.78 is 34.3. The van der Waals surface area contributed by atoms with Gasteiger partial charge in [-0.1, -0.05) is 23.3 Å². The standard InChI is InChI=1S/C18H36O6P2/c1-16(2)10-9-12-18(5)11-7-6-8-13-23-14-25(19,24-17(3)4)15-26(20,21)22/h10-11,17H,6-9,12-15H2,1-5H3,(H2,20,21,22). The molecule has 0 saturated carbocycles. The van der Waals surface area contributed by atoms with E-state index in [0.29, 0.717) is 6.61 Å². The summed E-state index contributed by atoms with van der Waals surface area (Å²) in [6.07, 6.45) is 8.69. The van der Waals surface area contributed by atoms with Crippen molar-refractivity contribution in [2.45, 2.75) is 72.8 Å². The topological polar surface area (TPSA) is 93.1 Å². The Hall–Kier alpha value is -0.220. The first-order valence-corrected chi connectivity index (χ1v) is 12.9. The summed E-state index contributed by atoms with van der Waals surface area (Å²) in [4.78, 5) is 18.2. The van der Waals surface area contributed by atoms with E-state index in [1.807, 2.05) is 0 Å². The maximum atomic E-state index is 12.5. The van der Waals surface area contributed by atoms with Crippen molar-refractivity contribution in [3.8, 4) is 0 Å². The van der Waals surface area contributed by atoms with E-state index in [-0.39, 0.29) is 12.5 Å². The first-order chi connectivity index (χ1) is 11.9. The number of hydrogen-bond donors (Lipinski definition) is 2. The highest BCUT2D eigenvalue weighted by molar-refractivity contribution is 7.73. The lowest BCUT2D eigenvalue weighted by Gasteiger charge is -2.21. The van der Waals surface area contributed by atoms with Crippen molar-refractivity contribution in [1.29, 1.82) is 0 Å². The molecule has 0 spiro atoms. The predicted octanol–water partition coefficient (Wildman–Crippen LogP) is 5.66. The molecule has 0 amide bonds. The van der Waals surface area contributed by atoms with Crippen LogP contribution in [0.5, 0.6) is 0 Å². The van der Waals surface area contributed by atoms with Gasteiger partial charge in [0.25, 0.3) is 0 Å². The fourth-order valence-corrected chi connectivity index (χ4v) is 6.44. The number of hydrogen-bond acceptors (Lipinski definition) is 4. The van der Waals surface area contributed by atoms with Crippen LogP contribution in [0.15, 0.2) is 23.3 Å². The smallest absolute Gasteiger partial charge is 0.335 e. The molecule has 0 aromatic carbocycles. The van der Waals surface area contributed by atoms with Crippen molar-refractivity contribution in [3.05, 3.63) is 23.3 Å². The van der Waals surface area contributed by atoms with Gasteiger partial charge in [-0.25, -0.2) is 0 Å². The highest BCUT2D eigenvalue weighted by Gasteiger charge is 2.33. The Labute approximate surface area is 158 Å². The van der Waals surface area contributed by atoms with Crippen molar-refractivity contribution in [1.82, 2.24) is 0 Å². The van der Waals surface area contributed by atoms with Crippen LogP contribution >= 0.6 is 15.0 Å². The summed E-state index contributed by atoms with van der Waals surface area (Å²) in [6, 6.07) is 0. The van der Waals surface area contributed by atoms with E-state index >= 15 is 0 Å². The zero-order chi connectivity index (χ0) is 20.2. The Morgan fingerprint density at radius 1 is 1.04 bits per heavy atom. The normalized spacial score (nSPS) is 15.2. The van der Waals surface area contributed by atoms with E-state index in [9.17, 15) is 9.13 Å². The molecule has 0 aliphatic rings. The molecule has 0 rings (SSSR count). The fraction of sp³-hybridized carbons (Fsp3) is 0.778. The van der Waals surface area contributed by atoms with Crippen molar-refractivity contribution in [2.75, 3.05) is 18.9 Å². The van der Waals surface area contributed by atoms with Crippen LogP contribution < -0.4 is 0 Å². The quantitative estimate of drug-likeness (QED) is 0.218. The molecule has 0 aliphatic carbocycles. The second-order valence-corrected chi connectivity index (χ2v) is 11.7. The first kappa shape index (κ1) is 25.8. The summed E-state index contributed by atoms with van der Waals surface area (Å²) in [6.45, 7) is 10.1. The third-order valence-corrected chi connectivity index (χ3v) is 8.00. The van der Waals surface area contributed by atoms with Crippen LogP contribution in [0.3, 0.4) is 0 Å². The third kappa shape index (κ3) is 16.0. The Kier molecular flexibility index (Phi) is 12.9. The van der Waals surface area contributed by atoms with Crippen molar-refractivity contribution in [2.24, 2.45) is 0 Å². The van der Waals surface area contributed by atoms with Crippen LogP contribution in [0.2, 0.25) is 0 Å². The molecular weight excluding hydrogens is 374 g/mol. The average molecular weight is 410 g/mol. The lowest BCUT2D eigenvalue weighted by molar-refractivity contribution is 0.149. The Morgan fingerprint density at radius 2 is 1.69 bits per heavy atom. The van der Waals surface area contributed by atoms with E-state index in [2.05, 4.69) is 32.9 Å². The van der Waals surface area contributed by atoms with Crippen LogP contribution in [0, 0.1) is 0 Å². The van der Waals surface area contributed by atoms with Gasteiger partial charge in [-0.15, -0.1) is 0 Å². The second-order valence-electron chi connectivity index (χ2n) is 7.18. The van der Waals surface area contributed by atoms with Gasteiger partial charge in [0.2, 0.25) is 7.37 Å². The molecule has 0 heterocycles. The molecule has 1 unspecified atom stereocenters. The summed E-state index contributed by atoms with van der Waals surface area (Å²) in [5.74, 6) is -0.772. The van der Waals surface area contributed by atoms with Crippen molar-refractivity contribution in [3.63, 3.8) is 0 Å². The van der Waals surface area contributed by atoms with Gasteiger partial charge in [0, 0.05) is 6.61 Å². The van der Waals surface area contributed by atoms with Gasteiger partial charge < -0.3 is 19.0 Å². The second kappa shape index (κ2) is 13.0. The highest BCUT2D eigenvalue weighted by Crippen LogP contribution is 2.58. The van der Waals surface area contributed by atoms with Crippen molar-refractivity contribution < 1.29 is 28.2 Å². The third-order valence-electron chi connectivity index (χ3n) is 3.42. The Morgan fingerprint density at radius 3 is 2.23 bits per heavy atom. The average Bonchev–Trinajstić information content (AvgIpc) is 2.42. The minimum atomic E-state index is -4.42. The Balaban J connectivity index is 4.09. The molecule has 0 fully saturated rings. The molecule has 26 heavy (non-hydrogen) atoms. The van der Waals surface area contributed by atoms with Crippen LogP contribution in [0.25, 0.3) is 0 Å². The summed E-state index contributed by atoms with van der Waals surface area (Å²) in [5.41, 5.74) is 2.72. The van der Waals surface area contributed by atoms with E-state index in [1.54, 1.807) is 13.8 Å². The van der Waals surface area contributed by atoms with Gasteiger partial charge in [0.15, 0.2) is 0 Å². The van der Waals surface area contributed by atoms with E-state index < -0.39 is 20.9 Å². The van der Waals surface area contributed by atoms with E-state index in [0.717, 1.165) is 32.1 Å². The van der Waals surface area contributed by atoms with E-state index in [4.69, 9.17) is 19.0 Å². The molecule has 0 aromatic heterocycles. The molecule has 0 aromatic rings. The largest absolute Gasteiger partial charge is 0.371 e. The zero-order valence-electron chi connectivity index (χ0n) is 16.8. The maximum absolute atomic E-state index is 12.5. The van der Waals surface area contributed by atoms with Crippen LogP contribution in [-0.2, 0) is 18.4 Å². The molecule has 6 nitrogen and oxygen atoms in total. The number of allylic oxidation sites excluding steroid dienone is 4. The highest BCUT2D eigenvalue weighted by atomic mass is 31.2. The molecule has 0 aliphatic heterocycles. The molecule has 0 radical (unpaired) electrons. The van der Waals surface area contributed by atoms with Gasteiger partial charge in [-0.2, -0.15) is 0 Å². The summed E-state index contributed by atoms with van der Waals surface area (Å²) in [5, 5.41) is 0. The Bertz CT molecular complexity index is 544. The zero-order valence-corrected chi connectivity index (χ0v) is 18.6. The van der Waals surface area contributed by atoms with Gasteiger partial charge >= 0.3 is 7.60 Å². The SMILES string of the molecule is CC(C)=CCCC(C)=CCCCCOCP(=O)(CP(=O)(O)O)OC(C)C. The van der Waals surface area contributed by atoms with Gasteiger partial charge in [0.1, 0.15) is 12.3 Å². The van der Waals surface area contributed by atoms with Crippen LogP contribution in [0.1, 0.15) is 66.7 Å². The summed E-state index contributed by atoms with van der Waals surface area (Å²) >= 11 is 0. The van der Waals surface area contributed by atoms with Crippen molar-refractivity contribution >= 4 is 15.0 Å². The monoisotopic (exact) mass is 410 g/mol. The molecule has 8 heteroatoms. The van der Waals surface area contributed by atoms with Gasteiger partial charge in [0.05, 0.1) is 6.10 Å². The minimum absolute atomic E-state index is 0.256. The number of rotatable bonds is 14. The molecule has 1 atom stereocenters. The van der Waals surface area contributed by atoms with E-state index in [1.165, 1.54) is 11.1 Å². The molecule has 2 N–H and O–H groups in total. The number of unbranched alkanes of at least 4 members (excludes halogenated alkanes) is 2. The fourth-order valence-electron chi connectivity index (χ4n) is 2.36. The first-order valence-electron chi connectivity index (χ1n) is 9.11. The number of ether oxygens (including phenoxy) is 1. The van der Waals surface area contributed by atoms with Crippen LogP contribution in [0.4, 0.5) is 0 Å². The lowest BCUT2D eigenvalue weighted by atomic mass is 10.1. The van der Waals surface area contributed by atoms with Gasteiger partial charge in [-0.3, -0.25) is 9.13 Å². The molecular formula is C18H36O6P2.